The molecule has 19 heavy (non-hydrogen) atoms. The molecule has 0 radical (unpaired) electrons. The molecule has 1 aliphatic rings. The van der Waals surface area contributed by atoms with Crippen molar-refractivity contribution in [1.82, 2.24) is 0 Å². The zero-order valence-corrected chi connectivity index (χ0v) is 11.2. The van der Waals surface area contributed by atoms with Crippen LogP contribution in [0.15, 0.2) is 18.2 Å². The standard InChI is InChI=1S/C14H18N2O3/c1-10(17)16-7-3-4-11-8-12(5-6-13(11)16)15-14(18)9-19-2/h5-6,8H,3-4,7,9H2,1-2H3,(H,15,18). The first-order valence-electron chi connectivity index (χ1n) is 6.31. The van der Waals surface area contributed by atoms with Gasteiger partial charge in [0.1, 0.15) is 6.61 Å². The van der Waals surface area contributed by atoms with E-state index in [0.717, 1.165) is 36.3 Å². The molecule has 0 atom stereocenters. The van der Waals surface area contributed by atoms with Gasteiger partial charge in [-0.3, -0.25) is 9.59 Å². The van der Waals surface area contributed by atoms with Gasteiger partial charge in [-0.2, -0.15) is 0 Å². The number of ether oxygens (including phenoxy) is 1. The molecule has 0 fully saturated rings. The molecule has 1 heterocycles. The molecule has 5 nitrogen and oxygen atoms in total. The van der Waals surface area contributed by atoms with Gasteiger partial charge in [0.25, 0.3) is 0 Å². The second kappa shape index (κ2) is 5.84. The molecule has 1 N–H and O–H groups in total. The maximum absolute atomic E-state index is 11.5. The van der Waals surface area contributed by atoms with Gasteiger partial charge in [-0.05, 0) is 36.6 Å². The van der Waals surface area contributed by atoms with Crippen molar-refractivity contribution in [2.75, 3.05) is 30.5 Å². The van der Waals surface area contributed by atoms with E-state index >= 15 is 0 Å². The number of carbonyl (C=O) groups excluding carboxylic acids is 2. The van der Waals surface area contributed by atoms with Crippen LogP contribution in [-0.2, 0) is 20.7 Å². The average Bonchev–Trinajstić information content (AvgIpc) is 2.37. The molecule has 0 saturated heterocycles. The summed E-state index contributed by atoms with van der Waals surface area (Å²) in [6.45, 7) is 2.37. The Morgan fingerprint density at radius 1 is 1.42 bits per heavy atom. The van der Waals surface area contributed by atoms with E-state index in [0.29, 0.717) is 0 Å². The molecule has 5 heteroatoms. The fourth-order valence-electron chi connectivity index (χ4n) is 2.33. The topological polar surface area (TPSA) is 58.6 Å². The van der Waals surface area contributed by atoms with Crippen molar-refractivity contribution in [1.29, 1.82) is 0 Å². The summed E-state index contributed by atoms with van der Waals surface area (Å²) < 4.78 is 4.77. The Bertz CT molecular complexity index is 499. The average molecular weight is 262 g/mol. The number of methoxy groups -OCH3 is 1. The number of benzene rings is 1. The summed E-state index contributed by atoms with van der Waals surface area (Å²) in [7, 11) is 1.48. The molecule has 0 saturated carbocycles. The van der Waals surface area contributed by atoms with Crippen LogP contribution in [-0.4, -0.2) is 32.1 Å². The summed E-state index contributed by atoms with van der Waals surface area (Å²) in [6, 6.07) is 5.63. The molecule has 1 aliphatic heterocycles. The molecule has 0 aromatic heterocycles. The normalized spacial score (nSPS) is 13.9. The Morgan fingerprint density at radius 3 is 2.89 bits per heavy atom. The Morgan fingerprint density at radius 2 is 2.21 bits per heavy atom. The van der Waals surface area contributed by atoms with Gasteiger partial charge in [0, 0.05) is 32.0 Å². The van der Waals surface area contributed by atoms with Crippen molar-refractivity contribution in [3.63, 3.8) is 0 Å². The Labute approximate surface area is 112 Å². The predicted molar refractivity (Wildman–Crippen MR) is 73.3 cm³/mol. The Kier molecular flexibility index (Phi) is 4.16. The minimum absolute atomic E-state index is 0.0383. The van der Waals surface area contributed by atoms with Crippen molar-refractivity contribution in [3.05, 3.63) is 23.8 Å². The van der Waals surface area contributed by atoms with E-state index in [1.807, 2.05) is 18.2 Å². The number of carbonyl (C=O) groups is 2. The lowest BCUT2D eigenvalue weighted by atomic mass is 10.0. The second-order valence-corrected chi connectivity index (χ2v) is 4.60. The van der Waals surface area contributed by atoms with Crippen LogP contribution in [0.4, 0.5) is 11.4 Å². The Balaban J connectivity index is 2.19. The van der Waals surface area contributed by atoms with E-state index < -0.39 is 0 Å². The minimum Gasteiger partial charge on any atom is -0.375 e. The SMILES string of the molecule is COCC(=O)Nc1ccc2c(c1)CCCN2C(C)=O. The monoisotopic (exact) mass is 262 g/mol. The van der Waals surface area contributed by atoms with Gasteiger partial charge in [0.2, 0.25) is 11.8 Å². The number of aryl methyl sites for hydroxylation is 1. The molecular formula is C14H18N2O3. The first-order valence-corrected chi connectivity index (χ1v) is 6.31. The molecule has 0 bridgehead atoms. The highest BCUT2D eigenvalue weighted by atomic mass is 16.5. The number of amides is 2. The van der Waals surface area contributed by atoms with Gasteiger partial charge in [-0.25, -0.2) is 0 Å². The maximum atomic E-state index is 11.5. The van der Waals surface area contributed by atoms with Crippen molar-refractivity contribution in [2.45, 2.75) is 19.8 Å². The van der Waals surface area contributed by atoms with Crippen molar-refractivity contribution >= 4 is 23.2 Å². The van der Waals surface area contributed by atoms with Crippen molar-refractivity contribution < 1.29 is 14.3 Å². The summed E-state index contributed by atoms with van der Waals surface area (Å²) in [5.74, 6) is -0.126. The van der Waals surface area contributed by atoms with Gasteiger partial charge in [-0.15, -0.1) is 0 Å². The molecule has 1 aromatic rings. The lowest BCUT2D eigenvalue weighted by Gasteiger charge is -2.28. The van der Waals surface area contributed by atoms with Crippen LogP contribution in [0.1, 0.15) is 18.9 Å². The largest absolute Gasteiger partial charge is 0.375 e. The molecule has 0 aliphatic carbocycles. The zero-order chi connectivity index (χ0) is 13.8. The summed E-state index contributed by atoms with van der Waals surface area (Å²) in [4.78, 5) is 24.8. The molecule has 2 amide bonds. The number of fused-ring (bicyclic) bond motifs is 1. The van der Waals surface area contributed by atoms with Gasteiger partial charge in [0.05, 0.1) is 0 Å². The van der Waals surface area contributed by atoms with Gasteiger partial charge in [0.15, 0.2) is 0 Å². The smallest absolute Gasteiger partial charge is 0.250 e. The summed E-state index contributed by atoms with van der Waals surface area (Å²) >= 11 is 0. The highest BCUT2D eigenvalue weighted by molar-refractivity contribution is 5.95. The molecular weight excluding hydrogens is 244 g/mol. The molecule has 102 valence electrons. The quantitative estimate of drug-likeness (QED) is 0.899. The molecule has 2 rings (SSSR count). The third kappa shape index (κ3) is 3.12. The van der Waals surface area contributed by atoms with Gasteiger partial charge in [-0.1, -0.05) is 0 Å². The lowest BCUT2D eigenvalue weighted by molar-refractivity contribution is -0.119. The number of hydrogen-bond donors (Lipinski definition) is 1. The van der Waals surface area contributed by atoms with E-state index in [1.165, 1.54) is 7.11 Å². The maximum Gasteiger partial charge on any atom is 0.250 e. The molecule has 1 aromatic carbocycles. The van der Waals surface area contributed by atoms with Gasteiger partial charge < -0.3 is 15.0 Å². The first kappa shape index (κ1) is 13.5. The summed E-state index contributed by atoms with van der Waals surface area (Å²) in [5.41, 5.74) is 2.78. The predicted octanol–water partition coefficient (Wildman–Crippen LogP) is 1.57. The van der Waals surface area contributed by atoms with Crippen LogP contribution < -0.4 is 10.2 Å². The van der Waals surface area contributed by atoms with Crippen LogP contribution in [0.2, 0.25) is 0 Å². The lowest BCUT2D eigenvalue weighted by Crippen LogP contribution is -2.33. The van der Waals surface area contributed by atoms with Crippen LogP contribution in [0, 0.1) is 0 Å². The second-order valence-electron chi connectivity index (χ2n) is 4.60. The summed E-state index contributed by atoms with van der Waals surface area (Å²) in [6.07, 6.45) is 1.87. The van der Waals surface area contributed by atoms with Gasteiger partial charge >= 0.3 is 0 Å². The minimum atomic E-state index is -0.179. The number of hydrogen-bond acceptors (Lipinski definition) is 3. The fourth-order valence-corrected chi connectivity index (χ4v) is 2.33. The van der Waals surface area contributed by atoms with E-state index in [-0.39, 0.29) is 18.4 Å². The molecule has 0 spiro atoms. The highest BCUT2D eigenvalue weighted by Gasteiger charge is 2.20. The van der Waals surface area contributed by atoms with Crippen LogP contribution in [0.25, 0.3) is 0 Å². The van der Waals surface area contributed by atoms with Crippen LogP contribution in [0.5, 0.6) is 0 Å². The molecule has 0 unspecified atom stereocenters. The first-order chi connectivity index (χ1) is 9.11. The van der Waals surface area contributed by atoms with Crippen LogP contribution >= 0.6 is 0 Å². The fraction of sp³-hybridized carbons (Fsp3) is 0.429. The number of nitrogens with zero attached hydrogens (tertiary/aromatic N) is 1. The van der Waals surface area contributed by atoms with Crippen molar-refractivity contribution in [2.24, 2.45) is 0 Å². The zero-order valence-electron chi connectivity index (χ0n) is 11.2. The Hall–Kier alpha value is -1.88. The van der Waals surface area contributed by atoms with E-state index in [1.54, 1.807) is 11.8 Å². The van der Waals surface area contributed by atoms with E-state index in [2.05, 4.69) is 5.32 Å². The van der Waals surface area contributed by atoms with E-state index in [4.69, 9.17) is 4.74 Å². The summed E-state index contributed by atoms with van der Waals surface area (Å²) in [5, 5.41) is 2.77. The third-order valence-electron chi connectivity index (χ3n) is 3.14. The third-order valence-corrected chi connectivity index (χ3v) is 3.14. The number of rotatable bonds is 3. The highest BCUT2D eigenvalue weighted by Crippen LogP contribution is 2.29. The number of anilines is 2. The van der Waals surface area contributed by atoms with Crippen molar-refractivity contribution in [3.8, 4) is 0 Å². The number of nitrogens with one attached hydrogen (secondary N) is 1. The van der Waals surface area contributed by atoms with Crippen LogP contribution in [0.3, 0.4) is 0 Å². The van der Waals surface area contributed by atoms with E-state index in [9.17, 15) is 9.59 Å².